The van der Waals surface area contributed by atoms with E-state index in [1.165, 1.54) is 0 Å². The molecule has 0 amide bonds. The van der Waals surface area contributed by atoms with Gasteiger partial charge < -0.3 is 13.1 Å². The number of hydrogen-bond donors (Lipinski definition) is 4. The van der Waals surface area contributed by atoms with Crippen molar-refractivity contribution in [2.45, 2.75) is 11.4 Å². The summed E-state index contributed by atoms with van der Waals surface area (Å²) in [6.07, 6.45) is -0.740. The second-order valence-electron chi connectivity index (χ2n) is 1.50. The molecule has 0 aromatic rings. The van der Waals surface area contributed by atoms with Gasteiger partial charge in [-0.2, -0.15) is 25.3 Å². The molecular weight excluding hydrogens is 184 g/mol. The minimum atomic E-state index is -0.740. The molecule has 0 radical (unpaired) electrons. The fourth-order valence-electron chi connectivity index (χ4n) is 0.243. The second-order valence-corrected chi connectivity index (χ2v) is 2.53. The molecule has 0 aliphatic heterocycles. The largest absolute Gasteiger partial charge is 2.00 e. The van der Waals surface area contributed by atoms with Crippen molar-refractivity contribution in [3.63, 3.8) is 0 Å². The van der Waals surface area contributed by atoms with Crippen LogP contribution in [0.5, 0.6) is 0 Å². The van der Waals surface area contributed by atoms with Gasteiger partial charge in [0.15, 0.2) is 0 Å². The predicted octanol–water partition coefficient (Wildman–Crippen LogP) is -0.588. The van der Waals surface area contributed by atoms with Crippen LogP contribution in [0.1, 0.15) is 2.85 Å². The van der Waals surface area contributed by atoms with Gasteiger partial charge in [0.25, 0.3) is 0 Å². The summed E-state index contributed by atoms with van der Waals surface area (Å²) < 4.78 is 0. The maximum absolute atomic E-state index is 8.75. The minimum absolute atomic E-state index is 0. The average molecular weight is 196 g/mol. The molecule has 0 aliphatic rings. The van der Waals surface area contributed by atoms with E-state index in [1.807, 2.05) is 0 Å². The molecule has 0 aromatic heterocycles. The molecule has 0 unspecified atom stereocenters. The number of thiol groups is 2. The van der Waals surface area contributed by atoms with Gasteiger partial charge >= 0.3 is 37.7 Å². The van der Waals surface area contributed by atoms with E-state index in [9.17, 15) is 0 Å². The second kappa shape index (κ2) is 7.98. The smallest absolute Gasteiger partial charge is 1.00 e. The molecule has 54 valence electrons. The monoisotopic (exact) mass is 196 g/mol. The van der Waals surface area contributed by atoms with Crippen LogP contribution in [0, 0.1) is 0 Å². The first-order valence-electron chi connectivity index (χ1n) is 2.30. The van der Waals surface area contributed by atoms with Crippen LogP contribution >= 0.6 is 25.3 Å². The average Bonchev–Trinajstić information content (AvgIpc) is 1.84. The first-order chi connectivity index (χ1) is 3.72. The van der Waals surface area contributed by atoms with E-state index in [0.717, 1.165) is 0 Å². The van der Waals surface area contributed by atoms with Gasteiger partial charge in [0.1, 0.15) is 0 Å². The Morgan fingerprint density at radius 1 is 1.56 bits per heavy atom. The summed E-state index contributed by atoms with van der Waals surface area (Å²) in [5, 5.41) is 16.8. The Hall–Kier alpha value is 1.88. The van der Waals surface area contributed by atoms with Crippen LogP contribution in [0.2, 0.25) is 0 Å². The molecule has 0 aliphatic carbocycles. The van der Waals surface area contributed by atoms with Crippen molar-refractivity contribution in [2.75, 3.05) is 12.4 Å². The van der Waals surface area contributed by atoms with E-state index in [1.54, 1.807) is 0 Å². The SMILES string of the molecule is OC[C@@H](O)[C@H](S)CS.[Ca+2].[H-].[H-]. The van der Waals surface area contributed by atoms with Gasteiger partial charge in [-0.25, -0.2) is 0 Å². The van der Waals surface area contributed by atoms with Crippen LogP contribution in [-0.2, 0) is 0 Å². The first-order valence-corrected chi connectivity index (χ1v) is 3.45. The summed E-state index contributed by atoms with van der Waals surface area (Å²) in [7, 11) is 0. The molecule has 0 bridgehead atoms. The zero-order valence-electron chi connectivity index (χ0n) is 7.06. The molecule has 0 rings (SSSR count). The number of rotatable bonds is 3. The van der Waals surface area contributed by atoms with Crippen molar-refractivity contribution in [3.8, 4) is 0 Å². The molecule has 0 fully saturated rings. The minimum Gasteiger partial charge on any atom is -1.00 e. The van der Waals surface area contributed by atoms with Gasteiger partial charge in [0.2, 0.25) is 0 Å². The van der Waals surface area contributed by atoms with Crippen molar-refractivity contribution in [2.24, 2.45) is 0 Å². The molecule has 9 heavy (non-hydrogen) atoms. The van der Waals surface area contributed by atoms with Crippen molar-refractivity contribution in [3.05, 3.63) is 0 Å². The Balaban J connectivity index is -0.0000000817. The van der Waals surface area contributed by atoms with Crippen molar-refractivity contribution < 1.29 is 13.1 Å². The molecule has 2 N–H and O–H groups in total. The van der Waals surface area contributed by atoms with Gasteiger partial charge in [-0.1, -0.05) is 0 Å². The number of aliphatic hydroxyl groups excluding tert-OH is 2. The van der Waals surface area contributed by atoms with E-state index >= 15 is 0 Å². The van der Waals surface area contributed by atoms with Gasteiger partial charge in [0, 0.05) is 11.0 Å². The topological polar surface area (TPSA) is 40.5 Å². The van der Waals surface area contributed by atoms with Crippen LogP contribution in [0.25, 0.3) is 0 Å². The summed E-state index contributed by atoms with van der Waals surface area (Å²) in [5.41, 5.74) is 0. The normalized spacial score (nSPS) is 16.0. The molecule has 0 spiro atoms. The molecule has 0 saturated heterocycles. The Kier molecular flexibility index (Phi) is 11.9. The Bertz CT molecular complexity index is 64.1. The summed E-state index contributed by atoms with van der Waals surface area (Å²) in [4.78, 5) is 0. The van der Waals surface area contributed by atoms with Crippen LogP contribution in [-0.4, -0.2) is 71.7 Å². The van der Waals surface area contributed by atoms with Crippen LogP contribution in [0.3, 0.4) is 0 Å². The summed E-state index contributed by atoms with van der Waals surface area (Å²) >= 11 is 7.78. The van der Waals surface area contributed by atoms with E-state index < -0.39 is 6.10 Å². The van der Waals surface area contributed by atoms with E-state index in [0.29, 0.717) is 5.75 Å². The maximum atomic E-state index is 8.75. The van der Waals surface area contributed by atoms with Gasteiger partial charge in [0.05, 0.1) is 12.7 Å². The summed E-state index contributed by atoms with van der Waals surface area (Å²) in [5.74, 6) is 0.477. The number of aliphatic hydroxyl groups is 2. The molecule has 2 nitrogen and oxygen atoms in total. The standard InChI is InChI=1S/C4H10O2S2.Ca.2H/c5-1-3(6)4(8)2-7;;;/h3-8H,1-2H2;;;/q;+2;2*-1/t3-,4-;;;/m1.../s1. The van der Waals surface area contributed by atoms with E-state index in [2.05, 4.69) is 25.3 Å². The summed E-state index contributed by atoms with van der Waals surface area (Å²) in [6.45, 7) is -0.241. The maximum Gasteiger partial charge on any atom is 2.00 e. The van der Waals surface area contributed by atoms with E-state index in [4.69, 9.17) is 10.2 Å². The molecule has 0 saturated carbocycles. The Labute approximate surface area is 98.8 Å². The van der Waals surface area contributed by atoms with Gasteiger partial charge in [-0.05, 0) is 0 Å². The predicted molar refractivity (Wildman–Crippen MR) is 47.7 cm³/mol. The van der Waals surface area contributed by atoms with Crippen LogP contribution < -0.4 is 0 Å². The number of hydrogen-bond acceptors (Lipinski definition) is 4. The Morgan fingerprint density at radius 2 is 2.00 bits per heavy atom. The third-order valence-electron chi connectivity index (χ3n) is 0.818. The van der Waals surface area contributed by atoms with Gasteiger partial charge in [-0.15, -0.1) is 0 Å². The quantitative estimate of drug-likeness (QED) is 0.360. The third kappa shape index (κ3) is 6.28. The van der Waals surface area contributed by atoms with Gasteiger partial charge in [-0.3, -0.25) is 0 Å². The molecule has 0 heterocycles. The van der Waals surface area contributed by atoms with Crippen molar-refractivity contribution >= 4 is 63.0 Å². The molecule has 2 atom stereocenters. The molecule has 0 aromatic carbocycles. The fourth-order valence-corrected chi connectivity index (χ4v) is 0.581. The van der Waals surface area contributed by atoms with Crippen LogP contribution in [0.15, 0.2) is 0 Å². The zero-order chi connectivity index (χ0) is 6.57. The molecule has 5 heteroatoms. The molecular formula is C4H12CaO2S2. The Morgan fingerprint density at radius 3 is 2.11 bits per heavy atom. The fraction of sp³-hybridized carbons (Fsp3) is 1.00. The zero-order valence-corrected chi connectivity index (χ0v) is 9.06. The summed E-state index contributed by atoms with van der Waals surface area (Å²) in [6, 6.07) is 0. The van der Waals surface area contributed by atoms with E-state index in [-0.39, 0.29) is 52.4 Å². The third-order valence-corrected chi connectivity index (χ3v) is 2.03. The van der Waals surface area contributed by atoms with Crippen LogP contribution in [0.4, 0.5) is 0 Å². The van der Waals surface area contributed by atoms with Crippen molar-refractivity contribution in [1.82, 2.24) is 0 Å². The van der Waals surface area contributed by atoms with Crippen molar-refractivity contribution in [1.29, 1.82) is 0 Å². The first kappa shape index (κ1) is 13.5.